The average molecular weight is 418 g/mol. The second-order valence-corrected chi connectivity index (χ2v) is 8.23. The van der Waals surface area contributed by atoms with Gasteiger partial charge in [-0.25, -0.2) is 0 Å². The van der Waals surface area contributed by atoms with Crippen molar-refractivity contribution in [2.45, 2.75) is 17.8 Å². The van der Waals surface area contributed by atoms with Crippen LogP contribution in [-0.2, 0) is 10.5 Å². The van der Waals surface area contributed by atoms with Crippen molar-refractivity contribution in [2.75, 3.05) is 31.2 Å². The van der Waals surface area contributed by atoms with Crippen molar-refractivity contribution in [2.24, 2.45) is 0 Å². The fourth-order valence-corrected chi connectivity index (χ4v) is 4.52. The number of fused-ring (bicyclic) bond motifs is 1. The standard InChI is InChI=1S/C23H23N5OS/c1-17-6-2-5-9-21(17)28-22(27-12-14-29-15-13-27)25-26-23(28)30-16-19-11-10-18-7-3-4-8-20(18)24-19/h2-11H,12-16H2,1H3. The molecule has 0 radical (unpaired) electrons. The summed E-state index contributed by atoms with van der Waals surface area (Å²) in [5, 5.41) is 11.1. The smallest absolute Gasteiger partial charge is 0.232 e. The van der Waals surface area contributed by atoms with Gasteiger partial charge in [0.1, 0.15) is 0 Å². The number of aromatic nitrogens is 4. The van der Waals surface area contributed by atoms with Gasteiger partial charge < -0.3 is 9.64 Å². The molecule has 2 aromatic heterocycles. The van der Waals surface area contributed by atoms with Gasteiger partial charge in [0.15, 0.2) is 5.16 Å². The summed E-state index contributed by atoms with van der Waals surface area (Å²) in [6.07, 6.45) is 0. The lowest BCUT2D eigenvalue weighted by Crippen LogP contribution is -2.38. The third-order valence-electron chi connectivity index (χ3n) is 5.27. The Kier molecular flexibility index (Phi) is 5.38. The molecule has 6 nitrogen and oxygen atoms in total. The van der Waals surface area contributed by atoms with Crippen molar-refractivity contribution in [3.63, 3.8) is 0 Å². The van der Waals surface area contributed by atoms with Gasteiger partial charge in [-0.15, -0.1) is 10.2 Å². The van der Waals surface area contributed by atoms with Crippen molar-refractivity contribution in [1.82, 2.24) is 19.7 Å². The Morgan fingerprint density at radius 3 is 2.60 bits per heavy atom. The highest BCUT2D eigenvalue weighted by Gasteiger charge is 2.22. The number of morpholine rings is 1. The first-order valence-electron chi connectivity index (χ1n) is 10.1. The summed E-state index contributed by atoms with van der Waals surface area (Å²) >= 11 is 1.67. The molecule has 0 unspecified atom stereocenters. The third kappa shape index (κ3) is 3.78. The zero-order valence-corrected chi connectivity index (χ0v) is 17.7. The van der Waals surface area contributed by atoms with E-state index in [9.17, 15) is 0 Å². The zero-order valence-electron chi connectivity index (χ0n) is 16.9. The van der Waals surface area contributed by atoms with Crippen LogP contribution < -0.4 is 4.90 Å². The second kappa shape index (κ2) is 8.45. The van der Waals surface area contributed by atoms with Gasteiger partial charge in [-0.2, -0.15) is 0 Å². The van der Waals surface area contributed by atoms with E-state index in [1.54, 1.807) is 11.8 Å². The monoisotopic (exact) mass is 417 g/mol. The Balaban J connectivity index is 1.48. The van der Waals surface area contributed by atoms with Crippen molar-refractivity contribution < 1.29 is 4.74 Å². The highest BCUT2D eigenvalue weighted by molar-refractivity contribution is 7.98. The maximum absolute atomic E-state index is 5.53. The molecule has 1 aliphatic heterocycles. The van der Waals surface area contributed by atoms with E-state index in [0.717, 1.165) is 52.2 Å². The number of hydrogen-bond donors (Lipinski definition) is 0. The van der Waals surface area contributed by atoms with E-state index in [1.807, 2.05) is 12.1 Å². The van der Waals surface area contributed by atoms with E-state index >= 15 is 0 Å². The molecule has 5 rings (SSSR count). The Bertz CT molecular complexity index is 1170. The van der Waals surface area contributed by atoms with Crippen LogP contribution in [0.4, 0.5) is 5.95 Å². The van der Waals surface area contributed by atoms with Gasteiger partial charge in [-0.3, -0.25) is 9.55 Å². The summed E-state index contributed by atoms with van der Waals surface area (Å²) in [5.41, 5.74) is 4.35. The molecular weight excluding hydrogens is 394 g/mol. The molecule has 0 spiro atoms. The number of para-hydroxylation sites is 2. The van der Waals surface area contributed by atoms with E-state index in [4.69, 9.17) is 9.72 Å². The molecular formula is C23H23N5OS. The Hall–Kier alpha value is -2.90. The van der Waals surface area contributed by atoms with Crippen LogP contribution in [0.1, 0.15) is 11.3 Å². The average Bonchev–Trinajstić information content (AvgIpc) is 3.22. The lowest BCUT2D eigenvalue weighted by atomic mass is 10.2. The molecule has 0 N–H and O–H groups in total. The molecule has 1 aliphatic rings. The van der Waals surface area contributed by atoms with Crippen LogP contribution in [0, 0.1) is 6.92 Å². The molecule has 1 saturated heterocycles. The summed E-state index contributed by atoms with van der Waals surface area (Å²) in [6, 6.07) is 20.8. The summed E-state index contributed by atoms with van der Waals surface area (Å²) in [7, 11) is 0. The highest BCUT2D eigenvalue weighted by atomic mass is 32.2. The van der Waals surface area contributed by atoms with Crippen LogP contribution in [-0.4, -0.2) is 46.1 Å². The molecule has 7 heteroatoms. The maximum Gasteiger partial charge on any atom is 0.232 e. The molecule has 0 saturated carbocycles. The van der Waals surface area contributed by atoms with Gasteiger partial charge in [0.2, 0.25) is 5.95 Å². The van der Waals surface area contributed by atoms with E-state index in [1.165, 1.54) is 5.56 Å². The molecule has 0 aliphatic carbocycles. The number of benzene rings is 2. The normalized spacial score (nSPS) is 14.4. The van der Waals surface area contributed by atoms with Gasteiger partial charge in [0.25, 0.3) is 0 Å². The van der Waals surface area contributed by atoms with Crippen LogP contribution >= 0.6 is 11.8 Å². The summed E-state index contributed by atoms with van der Waals surface area (Å²) < 4.78 is 7.70. The van der Waals surface area contributed by atoms with Crippen LogP contribution in [0.3, 0.4) is 0 Å². The number of anilines is 1. The Morgan fingerprint density at radius 2 is 1.73 bits per heavy atom. The third-order valence-corrected chi connectivity index (χ3v) is 6.23. The van der Waals surface area contributed by atoms with Gasteiger partial charge in [-0.05, 0) is 30.7 Å². The molecule has 4 aromatic rings. The lowest BCUT2D eigenvalue weighted by Gasteiger charge is -2.28. The second-order valence-electron chi connectivity index (χ2n) is 7.29. The molecule has 0 amide bonds. The van der Waals surface area contributed by atoms with Crippen LogP contribution in [0.15, 0.2) is 65.8 Å². The number of thioether (sulfide) groups is 1. The van der Waals surface area contributed by atoms with Crippen molar-refractivity contribution in [3.8, 4) is 5.69 Å². The number of nitrogens with zero attached hydrogens (tertiary/aromatic N) is 5. The van der Waals surface area contributed by atoms with Crippen LogP contribution in [0.25, 0.3) is 16.6 Å². The largest absolute Gasteiger partial charge is 0.378 e. The molecule has 30 heavy (non-hydrogen) atoms. The van der Waals surface area contributed by atoms with Crippen molar-refractivity contribution >= 4 is 28.6 Å². The number of pyridine rings is 1. The van der Waals surface area contributed by atoms with Crippen LogP contribution in [0.2, 0.25) is 0 Å². The van der Waals surface area contributed by atoms with Crippen molar-refractivity contribution in [3.05, 3.63) is 71.9 Å². The molecule has 0 bridgehead atoms. The van der Waals surface area contributed by atoms with E-state index in [-0.39, 0.29) is 0 Å². The van der Waals surface area contributed by atoms with Gasteiger partial charge in [0.05, 0.1) is 30.1 Å². The molecule has 1 fully saturated rings. The van der Waals surface area contributed by atoms with Crippen molar-refractivity contribution in [1.29, 1.82) is 0 Å². The lowest BCUT2D eigenvalue weighted by molar-refractivity contribution is 0.122. The van der Waals surface area contributed by atoms with Gasteiger partial charge in [-0.1, -0.05) is 54.2 Å². The van der Waals surface area contributed by atoms with Gasteiger partial charge in [0, 0.05) is 24.2 Å². The first-order chi connectivity index (χ1) is 14.8. The minimum atomic E-state index is 0.712. The zero-order chi connectivity index (χ0) is 20.3. The SMILES string of the molecule is Cc1ccccc1-n1c(SCc2ccc3ccccc3n2)nnc1N1CCOCC1. The number of ether oxygens (including phenoxy) is 1. The molecule has 0 atom stereocenters. The quantitative estimate of drug-likeness (QED) is 0.453. The van der Waals surface area contributed by atoms with Crippen LogP contribution in [0.5, 0.6) is 0 Å². The van der Waals surface area contributed by atoms with E-state index in [2.05, 4.69) is 75.1 Å². The summed E-state index contributed by atoms with van der Waals surface area (Å²) in [4.78, 5) is 7.05. The minimum absolute atomic E-state index is 0.712. The fraction of sp³-hybridized carbons (Fsp3) is 0.261. The van der Waals surface area contributed by atoms with E-state index in [0.29, 0.717) is 13.2 Å². The molecule has 2 aromatic carbocycles. The fourth-order valence-electron chi connectivity index (χ4n) is 3.68. The predicted molar refractivity (Wildman–Crippen MR) is 120 cm³/mol. The topological polar surface area (TPSA) is 56.1 Å². The number of hydrogen-bond acceptors (Lipinski definition) is 6. The molecule has 152 valence electrons. The summed E-state index contributed by atoms with van der Waals surface area (Å²) in [5.74, 6) is 1.61. The Morgan fingerprint density at radius 1 is 0.933 bits per heavy atom. The summed E-state index contributed by atoms with van der Waals surface area (Å²) in [6.45, 7) is 5.19. The predicted octanol–water partition coefficient (Wildman–Crippen LogP) is 4.25. The van der Waals surface area contributed by atoms with E-state index < -0.39 is 0 Å². The first kappa shape index (κ1) is 19.1. The molecule has 3 heterocycles. The minimum Gasteiger partial charge on any atom is -0.378 e. The number of rotatable bonds is 5. The highest BCUT2D eigenvalue weighted by Crippen LogP contribution is 2.30. The van der Waals surface area contributed by atoms with Gasteiger partial charge >= 0.3 is 0 Å². The number of aryl methyl sites for hydroxylation is 1. The first-order valence-corrected chi connectivity index (χ1v) is 11.1. The Labute approximate surface area is 179 Å². The maximum atomic E-state index is 5.53.